The van der Waals surface area contributed by atoms with Crippen molar-refractivity contribution in [3.63, 3.8) is 0 Å². The van der Waals surface area contributed by atoms with Gasteiger partial charge in [0.1, 0.15) is 0 Å². The predicted octanol–water partition coefficient (Wildman–Crippen LogP) is 3.91. The first kappa shape index (κ1) is 17.9. The van der Waals surface area contributed by atoms with Gasteiger partial charge in [-0.05, 0) is 51.4 Å². The molecule has 110 valence electrons. The van der Waals surface area contributed by atoms with E-state index in [9.17, 15) is 0 Å². The molecule has 0 rings (SSSR count). The second kappa shape index (κ2) is 9.80. The molecule has 0 aliphatic rings. The second-order valence-corrected chi connectivity index (χ2v) is 6.54. The molecule has 0 aromatic heterocycles. The number of unbranched alkanes of at least 4 members (excludes halogenated alkanes) is 2. The van der Waals surface area contributed by atoms with Crippen molar-refractivity contribution in [3.8, 4) is 0 Å². The van der Waals surface area contributed by atoms with Gasteiger partial charge in [-0.1, -0.05) is 47.5 Å². The quantitative estimate of drug-likeness (QED) is 0.637. The van der Waals surface area contributed by atoms with Crippen LogP contribution in [0.25, 0.3) is 0 Å². The highest BCUT2D eigenvalue weighted by atomic mass is 15.1. The number of hydrogen-bond donors (Lipinski definition) is 1. The van der Waals surface area contributed by atoms with Gasteiger partial charge in [-0.3, -0.25) is 0 Å². The first-order valence-electron chi connectivity index (χ1n) is 7.85. The van der Waals surface area contributed by atoms with Crippen LogP contribution in [0.2, 0.25) is 0 Å². The van der Waals surface area contributed by atoms with Crippen molar-refractivity contribution < 1.29 is 0 Å². The number of hydrogen-bond acceptors (Lipinski definition) is 2. The number of nitrogens with one attached hydrogen (secondary N) is 1. The van der Waals surface area contributed by atoms with Gasteiger partial charge in [0.2, 0.25) is 0 Å². The molecule has 0 heterocycles. The molecule has 0 spiro atoms. The van der Waals surface area contributed by atoms with Gasteiger partial charge in [0.05, 0.1) is 0 Å². The summed E-state index contributed by atoms with van der Waals surface area (Å²) < 4.78 is 0. The minimum Gasteiger partial charge on any atom is -0.316 e. The third kappa shape index (κ3) is 8.10. The van der Waals surface area contributed by atoms with Crippen LogP contribution in [0, 0.1) is 5.41 Å². The molecular weight excluding hydrogens is 220 g/mol. The molecule has 1 atom stereocenters. The normalized spacial score (nSPS) is 14.2. The highest BCUT2D eigenvalue weighted by Crippen LogP contribution is 2.21. The van der Waals surface area contributed by atoms with Gasteiger partial charge in [0.25, 0.3) is 0 Å². The van der Waals surface area contributed by atoms with Gasteiger partial charge < -0.3 is 10.2 Å². The standard InChI is InChI=1S/C16H36N2/c1-7-9-12-18(13-10-8-2)14-11-15(17-6)16(3,4)5/h15,17H,7-14H2,1-6H3. The largest absolute Gasteiger partial charge is 0.316 e. The zero-order valence-electron chi connectivity index (χ0n) is 13.7. The van der Waals surface area contributed by atoms with E-state index >= 15 is 0 Å². The van der Waals surface area contributed by atoms with Crippen LogP contribution in [0.15, 0.2) is 0 Å². The van der Waals surface area contributed by atoms with Gasteiger partial charge in [-0.15, -0.1) is 0 Å². The highest BCUT2D eigenvalue weighted by molar-refractivity contribution is 4.80. The lowest BCUT2D eigenvalue weighted by Gasteiger charge is -2.32. The van der Waals surface area contributed by atoms with Gasteiger partial charge in [-0.2, -0.15) is 0 Å². The van der Waals surface area contributed by atoms with Crippen LogP contribution >= 0.6 is 0 Å². The summed E-state index contributed by atoms with van der Waals surface area (Å²) in [5.41, 5.74) is 0.357. The van der Waals surface area contributed by atoms with Crippen LogP contribution in [0.3, 0.4) is 0 Å². The zero-order chi connectivity index (χ0) is 14.0. The molecule has 0 aliphatic heterocycles. The minimum atomic E-state index is 0.357. The Bertz CT molecular complexity index is 176. The molecule has 0 amide bonds. The van der Waals surface area contributed by atoms with Crippen LogP contribution in [0.1, 0.15) is 66.7 Å². The van der Waals surface area contributed by atoms with Gasteiger partial charge >= 0.3 is 0 Å². The average Bonchev–Trinajstić information content (AvgIpc) is 2.30. The fourth-order valence-electron chi connectivity index (χ4n) is 2.42. The van der Waals surface area contributed by atoms with E-state index in [-0.39, 0.29) is 0 Å². The van der Waals surface area contributed by atoms with Gasteiger partial charge in [-0.25, -0.2) is 0 Å². The molecule has 2 heteroatoms. The summed E-state index contributed by atoms with van der Waals surface area (Å²) >= 11 is 0. The lowest BCUT2D eigenvalue weighted by molar-refractivity contribution is 0.206. The van der Waals surface area contributed by atoms with Crippen LogP contribution in [-0.4, -0.2) is 37.6 Å². The first-order valence-corrected chi connectivity index (χ1v) is 7.85. The fourth-order valence-corrected chi connectivity index (χ4v) is 2.42. The van der Waals surface area contributed by atoms with E-state index in [0.29, 0.717) is 11.5 Å². The summed E-state index contributed by atoms with van der Waals surface area (Å²) in [6.45, 7) is 15.3. The molecule has 0 radical (unpaired) electrons. The molecule has 0 aromatic carbocycles. The summed E-state index contributed by atoms with van der Waals surface area (Å²) in [6, 6.07) is 0.614. The topological polar surface area (TPSA) is 15.3 Å². The number of nitrogens with zero attached hydrogens (tertiary/aromatic N) is 1. The summed E-state index contributed by atoms with van der Waals surface area (Å²) in [4.78, 5) is 2.66. The Morgan fingerprint density at radius 1 is 0.944 bits per heavy atom. The lowest BCUT2D eigenvalue weighted by atomic mass is 9.85. The van der Waals surface area contributed by atoms with E-state index in [1.165, 1.54) is 51.7 Å². The fraction of sp³-hybridized carbons (Fsp3) is 1.00. The van der Waals surface area contributed by atoms with Crippen LogP contribution < -0.4 is 5.32 Å². The lowest BCUT2D eigenvalue weighted by Crippen LogP contribution is -2.41. The van der Waals surface area contributed by atoms with E-state index < -0.39 is 0 Å². The van der Waals surface area contributed by atoms with Crippen molar-refractivity contribution >= 4 is 0 Å². The van der Waals surface area contributed by atoms with Gasteiger partial charge in [0, 0.05) is 6.04 Å². The van der Waals surface area contributed by atoms with E-state index in [0.717, 1.165) is 0 Å². The molecular formula is C16H36N2. The molecule has 0 aromatic rings. The second-order valence-electron chi connectivity index (χ2n) is 6.54. The Kier molecular flexibility index (Phi) is 9.76. The summed E-state index contributed by atoms with van der Waals surface area (Å²) in [5.74, 6) is 0. The van der Waals surface area contributed by atoms with E-state index in [1.807, 2.05) is 0 Å². The van der Waals surface area contributed by atoms with Gasteiger partial charge in [0.15, 0.2) is 0 Å². The summed E-state index contributed by atoms with van der Waals surface area (Å²) in [6.07, 6.45) is 6.54. The Balaban J connectivity index is 4.13. The van der Waals surface area contributed by atoms with E-state index in [4.69, 9.17) is 0 Å². The minimum absolute atomic E-state index is 0.357. The Labute approximate surface area is 116 Å². The molecule has 0 bridgehead atoms. The van der Waals surface area contributed by atoms with Crippen molar-refractivity contribution in [2.75, 3.05) is 26.7 Å². The molecule has 2 nitrogen and oxygen atoms in total. The van der Waals surface area contributed by atoms with E-state index in [2.05, 4.69) is 51.9 Å². The first-order chi connectivity index (χ1) is 8.45. The summed E-state index contributed by atoms with van der Waals surface area (Å²) in [5, 5.41) is 3.48. The van der Waals surface area contributed by atoms with Crippen molar-refractivity contribution in [3.05, 3.63) is 0 Å². The summed E-state index contributed by atoms with van der Waals surface area (Å²) in [7, 11) is 2.10. The monoisotopic (exact) mass is 256 g/mol. The predicted molar refractivity (Wildman–Crippen MR) is 83.2 cm³/mol. The molecule has 0 saturated heterocycles. The van der Waals surface area contributed by atoms with Crippen molar-refractivity contribution in [1.82, 2.24) is 10.2 Å². The smallest absolute Gasteiger partial charge is 0.0125 e. The maximum Gasteiger partial charge on any atom is 0.0125 e. The Morgan fingerprint density at radius 2 is 1.44 bits per heavy atom. The number of rotatable bonds is 10. The molecule has 18 heavy (non-hydrogen) atoms. The van der Waals surface area contributed by atoms with Crippen LogP contribution in [0.4, 0.5) is 0 Å². The third-order valence-corrected chi connectivity index (χ3v) is 3.78. The maximum absolute atomic E-state index is 3.48. The SMILES string of the molecule is CCCCN(CCCC)CCC(NC)C(C)(C)C. The van der Waals surface area contributed by atoms with Crippen LogP contribution in [0.5, 0.6) is 0 Å². The molecule has 0 saturated carbocycles. The maximum atomic E-state index is 3.48. The molecule has 1 unspecified atom stereocenters. The van der Waals surface area contributed by atoms with Crippen molar-refractivity contribution in [1.29, 1.82) is 0 Å². The average molecular weight is 256 g/mol. The Morgan fingerprint density at radius 3 is 1.78 bits per heavy atom. The Hall–Kier alpha value is -0.0800. The van der Waals surface area contributed by atoms with E-state index in [1.54, 1.807) is 0 Å². The highest BCUT2D eigenvalue weighted by Gasteiger charge is 2.23. The van der Waals surface area contributed by atoms with Crippen molar-refractivity contribution in [2.45, 2.75) is 72.8 Å². The molecule has 0 aliphatic carbocycles. The van der Waals surface area contributed by atoms with Crippen molar-refractivity contribution in [2.24, 2.45) is 5.41 Å². The third-order valence-electron chi connectivity index (χ3n) is 3.78. The van der Waals surface area contributed by atoms with Crippen LogP contribution in [-0.2, 0) is 0 Å². The zero-order valence-corrected chi connectivity index (χ0v) is 13.7. The molecule has 1 N–H and O–H groups in total. The molecule has 0 fully saturated rings.